The molecular formula is C25H33N3O4. The molecule has 2 aliphatic rings. The van der Waals surface area contributed by atoms with Crippen LogP contribution in [0.2, 0.25) is 0 Å². The van der Waals surface area contributed by atoms with Crippen molar-refractivity contribution in [2.45, 2.75) is 63.7 Å². The number of aromatic nitrogens is 2. The van der Waals surface area contributed by atoms with Crippen LogP contribution in [0.5, 0.6) is 11.8 Å². The SMILES string of the molecule is COCCC(=O)N[C@]1(C)C[C@H](c2cccc(Oc3ncccn3)c2)O[C@@H]2C[C@H](C)CC[C@H]21. The summed E-state index contributed by atoms with van der Waals surface area (Å²) in [7, 11) is 1.62. The van der Waals surface area contributed by atoms with Crippen molar-refractivity contribution < 1.29 is 19.0 Å². The number of nitrogens with one attached hydrogen (secondary N) is 1. The Kier molecular flexibility index (Phi) is 7.06. The number of rotatable bonds is 7. The molecule has 1 saturated carbocycles. The Bertz CT molecular complexity index is 909. The Labute approximate surface area is 189 Å². The lowest BCUT2D eigenvalue weighted by Crippen LogP contribution is -2.60. The molecule has 172 valence electrons. The Morgan fingerprint density at radius 1 is 1.25 bits per heavy atom. The van der Waals surface area contributed by atoms with Crippen LogP contribution in [-0.2, 0) is 14.3 Å². The quantitative estimate of drug-likeness (QED) is 0.686. The van der Waals surface area contributed by atoms with E-state index in [1.807, 2.05) is 18.2 Å². The summed E-state index contributed by atoms with van der Waals surface area (Å²) in [4.78, 5) is 20.9. The van der Waals surface area contributed by atoms with Gasteiger partial charge in [-0.1, -0.05) is 25.5 Å². The largest absolute Gasteiger partial charge is 0.424 e. The second kappa shape index (κ2) is 9.96. The van der Waals surface area contributed by atoms with Gasteiger partial charge in [-0.2, -0.15) is 0 Å². The van der Waals surface area contributed by atoms with Gasteiger partial charge in [-0.15, -0.1) is 0 Å². The second-order valence-electron chi connectivity index (χ2n) is 9.31. The van der Waals surface area contributed by atoms with E-state index < -0.39 is 0 Å². The smallest absolute Gasteiger partial charge is 0.321 e. The highest BCUT2D eigenvalue weighted by molar-refractivity contribution is 5.77. The van der Waals surface area contributed by atoms with E-state index in [-0.39, 0.29) is 23.7 Å². The molecular weight excluding hydrogens is 406 g/mol. The van der Waals surface area contributed by atoms with Crippen LogP contribution in [0, 0.1) is 11.8 Å². The molecule has 1 aliphatic carbocycles. The van der Waals surface area contributed by atoms with Crippen molar-refractivity contribution in [3.8, 4) is 11.8 Å². The second-order valence-corrected chi connectivity index (χ2v) is 9.31. The molecule has 2 aromatic rings. The molecule has 1 aromatic heterocycles. The van der Waals surface area contributed by atoms with Crippen molar-refractivity contribution in [1.82, 2.24) is 15.3 Å². The first-order valence-corrected chi connectivity index (χ1v) is 11.5. The van der Waals surface area contributed by atoms with E-state index in [2.05, 4.69) is 35.2 Å². The van der Waals surface area contributed by atoms with Gasteiger partial charge in [0.1, 0.15) is 5.75 Å². The zero-order valence-electron chi connectivity index (χ0n) is 19.1. The number of hydrogen-bond donors (Lipinski definition) is 1. The average molecular weight is 440 g/mol. The fourth-order valence-electron chi connectivity index (χ4n) is 5.14. The summed E-state index contributed by atoms with van der Waals surface area (Å²) < 4.78 is 17.6. The van der Waals surface area contributed by atoms with E-state index in [0.29, 0.717) is 43.0 Å². The number of carbonyl (C=O) groups excluding carboxylic acids is 1. The molecule has 7 nitrogen and oxygen atoms in total. The highest BCUT2D eigenvalue weighted by Gasteiger charge is 2.49. The van der Waals surface area contributed by atoms with E-state index in [4.69, 9.17) is 14.2 Å². The van der Waals surface area contributed by atoms with Gasteiger partial charge in [-0.25, -0.2) is 9.97 Å². The molecule has 4 rings (SSSR count). The summed E-state index contributed by atoms with van der Waals surface area (Å²) in [6.07, 6.45) is 7.61. The van der Waals surface area contributed by atoms with Crippen molar-refractivity contribution in [3.63, 3.8) is 0 Å². The van der Waals surface area contributed by atoms with Crippen LogP contribution in [0.4, 0.5) is 0 Å². The third-order valence-electron chi connectivity index (χ3n) is 6.76. The molecule has 0 spiro atoms. The maximum atomic E-state index is 12.6. The molecule has 5 atom stereocenters. The molecule has 0 radical (unpaired) electrons. The van der Waals surface area contributed by atoms with Crippen LogP contribution in [0.3, 0.4) is 0 Å². The minimum absolute atomic E-state index is 0.0330. The maximum absolute atomic E-state index is 12.6. The van der Waals surface area contributed by atoms with Crippen molar-refractivity contribution >= 4 is 5.91 Å². The number of benzene rings is 1. The molecule has 1 amide bonds. The van der Waals surface area contributed by atoms with Crippen molar-refractivity contribution in [2.24, 2.45) is 11.8 Å². The fraction of sp³-hybridized carbons (Fsp3) is 0.560. The molecule has 32 heavy (non-hydrogen) atoms. The van der Waals surface area contributed by atoms with Crippen LogP contribution >= 0.6 is 0 Å². The Morgan fingerprint density at radius 2 is 2.06 bits per heavy atom. The van der Waals surface area contributed by atoms with Crippen LogP contribution < -0.4 is 10.1 Å². The third-order valence-corrected chi connectivity index (χ3v) is 6.76. The summed E-state index contributed by atoms with van der Waals surface area (Å²) in [6.45, 7) is 4.89. The molecule has 2 heterocycles. The lowest BCUT2D eigenvalue weighted by Gasteiger charge is -2.52. The Morgan fingerprint density at radius 3 is 2.84 bits per heavy atom. The predicted molar refractivity (Wildman–Crippen MR) is 120 cm³/mol. The van der Waals surface area contributed by atoms with Gasteiger partial charge in [-0.05, 0) is 49.4 Å². The van der Waals surface area contributed by atoms with Gasteiger partial charge in [-0.3, -0.25) is 4.79 Å². The van der Waals surface area contributed by atoms with Gasteiger partial charge in [0.05, 0.1) is 18.8 Å². The zero-order valence-corrected chi connectivity index (χ0v) is 19.1. The van der Waals surface area contributed by atoms with Gasteiger partial charge in [0.15, 0.2) is 0 Å². The average Bonchev–Trinajstić information content (AvgIpc) is 2.78. The number of methoxy groups -OCH3 is 1. The van der Waals surface area contributed by atoms with Crippen molar-refractivity contribution in [1.29, 1.82) is 0 Å². The van der Waals surface area contributed by atoms with E-state index >= 15 is 0 Å². The lowest BCUT2D eigenvalue weighted by atomic mass is 9.66. The molecule has 1 aliphatic heterocycles. The van der Waals surface area contributed by atoms with Gasteiger partial charge in [0.2, 0.25) is 5.91 Å². The fourth-order valence-corrected chi connectivity index (χ4v) is 5.14. The van der Waals surface area contributed by atoms with E-state index in [0.717, 1.165) is 18.4 Å². The molecule has 1 saturated heterocycles. The Hall–Kier alpha value is -2.51. The zero-order chi connectivity index (χ0) is 22.6. The van der Waals surface area contributed by atoms with Crippen LogP contribution in [0.15, 0.2) is 42.7 Å². The number of ether oxygens (including phenoxy) is 3. The number of carbonyl (C=O) groups is 1. The summed E-state index contributed by atoms with van der Waals surface area (Å²) >= 11 is 0. The summed E-state index contributed by atoms with van der Waals surface area (Å²) in [5, 5.41) is 3.35. The number of fused-ring (bicyclic) bond motifs is 1. The van der Waals surface area contributed by atoms with E-state index in [1.54, 1.807) is 25.6 Å². The van der Waals surface area contributed by atoms with Crippen molar-refractivity contribution in [2.75, 3.05) is 13.7 Å². The normalized spacial score (nSPS) is 29.7. The monoisotopic (exact) mass is 439 g/mol. The van der Waals surface area contributed by atoms with Crippen LogP contribution in [0.25, 0.3) is 0 Å². The predicted octanol–water partition coefficient (Wildman–Crippen LogP) is 4.45. The molecule has 2 fully saturated rings. The van der Waals surface area contributed by atoms with Gasteiger partial charge in [0.25, 0.3) is 0 Å². The van der Waals surface area contributed by atoms with E-state index in [9.17, 15) is 4.79 Å². The maximum Gasteiger partial charge on any atom is 0.321 e. The third kappa shape index (κ3) is 5.27. The molecule has 7 heteroatoms. The van der Waals surface area contributed by atoms with Crippen molar-refractivity contribution in [3.05, 3.63) is 48.3 Å². The summed E-state index contributed by atoms with van der Waals surface area (Å²) in [6, 6.07) is 9.96. The lowest BCUT2D eigenvalue weighted by molar-refractivity contribution is -0.154. The topological polar surface area (TPSA) is 82.6 Å². The van der Waals surface area contributed by atoms with Gasteiger partial charge >= 0.3 is 6.01 Å². The van der Waals surface area contributed by atoms with Gasteiger partial charge in [0, 0.05) is 43.8 Å². The number of amides is 1. The highest BCUT2D eigenvalue weighted by Crippen LogP contribution is 2.48. The van der Waals surface area contributed by atoms with E-state index in [1.165, 1.54) is 6.42 Å². The van der Waals surface area contributed by atoms with Crippen LogP contribution in [-0.4, -0.2) is 41.2 Å². The first-order chi connectivity index (χ1) is 15.5. The van der Waals surface area contributed by atoms with Crippen LogP contribution in [0.1, 0.15) is 57.6 Å². The number of nitrogens with zero attached hydrogens (tertiary/aromatic N) is 2. The van der Waals surface area contributed by atoms with Gasteiger partial charge < -0.3 is 19.5 Å². The molecule has 1 aromatic carbocycles. The molecule has 0 unspecified atom stereocenters. The summed E-state index contributed by atoms with van der Waals surface area (Å²) in [5.74, 6) is 1.62. The minimum atomic E-state index is -0.335. The minimum Gasteiger partial charge on any atom is -0.424 e. The highest BCUT2D eigenvalue weighted by atomic mass is 16.5. The Balaban J connectivity index is 1.56. The molecule has 1 N–H and O–H groups in total. The first kappa shape index (κ1) is 22.7. The number of hydrogen-bond acceptors (Lipinski definition) is 6. The summed E-state index contributed by atoms with van der Waals surface area (Å²) in [5.41, 5.74) is 0.699. The first-order valence-electron chi connectivity index (χ1n) is 11.5. The molecule has 0 bridgehead atoms. The standard InChI is InChI=1S/C25H33N3O4/c1-17-8-9-20-21(14-17)32-22(16-25(20,2)28-23(29)10-13-30-3)18-6-4-7-19(15-18)31-24-26-11-5-12-27-24/h4-7,11-12,15,17,20-22H,8-10,13-14,16H2,1-3H3,(H,28,29)/t17-,20-,21-,22-,25-/m1/s1.